The standard InChI is InChI=1S/C42H43NO/c1-30(2)39(44)43-38-27-26-36(28-37(38)41(6,29-40(43,4)5)32-24-22-31(3)23-25-32)42(33-16-10-7-11-17-33,34-18-12-8-13-19-34)35-20-14-9-15-21-35/h7-28,30H,29H2,1-6H3/t41-/m1/s1. The second kappa shape index (κ2) is 11.2. The van der Waals surface area contributed by atoms with Crippen LogP contribution >= 0.6 is 0 Å². The summed E-state index contributed by atoms with van der Waals surface area (Å²) in [7, 11) is 0. The van der Waals surface area contributed by atoms with E-state index in [-0.39, 0.29) is 22.8 Å². The predicted molar refractivity (Wildman–Crippen MR) is 183 cm³/mol. The Hall–Kier alpha value is -4.43. The molecule has 5 aromatic rings. The van der Waals surface area contributed by atoms with E-state index in [1.54, 1.807) is 0 Å². The summed E-state index contributed by atoms with van der Waals surface area (Å²) in [6, 6.07) is 48.4. The molecule has 1 amide bonds. The molecule has 0 spiro atoms. The maximum absolute atomic E-state index is 13.9. The normalized spacial score (nSPS) is 17.8. The molecule has 44 heavy (non-hydrogen) atoms. The Morgan fingerprint density at radius 1 is 0.659 bits per heavy atom. The lowest BCUT2D eigenvalue weighted by molar-refractivity contribution is -0.122. The monoisotopic (exact) mass is 577 g/mol. The second-order valence-corrected chi connectivity index (χ2v) is 13.6. The van der Waals surface area contributed by atoms with E-state index in [1.807, 2.05) is 13.8 Å². The van der Waals surface area contributed by atoms with E-state index in [4.69, 9.17) is 0 Å². The van der Waals surface area contributed by atoms with Crippen molar-refractivity contribution in [2.75, 3.05) is 4.90 Å². The molecular formula is C42H43NO. The number of amides is 1. The number of fused-ring (bicyclic) bond motifs is 1. The predicted octanol–water partition coefficient (Wildman–Crippen LogP) is 9.86. The van der Waals surface area contributed by atoms with Crippen molar-refractivity contribution < 1.29 is 4.79 Å². The zero-order valence-corrected chi connectivity index (χ0v) is 26.8. The summed E-state index contributed by atoms with van der Waals surface area (Å²) in [5.41, 5.74) is 8.29. The number of aryl methyl sites for hydroxylation is 1. The maximum Gasteiger partial charge on any atom is 0.230 e. The summed E-state index contributed by atoms with van der Waals surface area (Å²) in [4.78, 5) is 16.0. The largest absolute Gasteiger partial charge is 0.306 e. The summed E-state index contributed by atoms with van der Waals surface area (Å²) in [5, 5.41) is 0. The van der Waals surface area contributed by atoms with Gasteiger partial charge < -0.3 is 4.90 Å². The van der Waals surface area contributed by atoms with Crippen LogP contribution < -0.4 is 4.90 Å². The van der Waals surface area contributed by atoms with Crippen LogP contribution in [0.4, 0.5) is 5.69 Å². The van der Waals surface area contributed by atoms with Crippen molar-refractivity contribution in [2.24, 2.45) is 5.92 Å². The Kier molecular flexibility index (Phi) is 7.58. The van der Waals surface area contributed by atoms with Gasteiger partial charge in [-0.15, -0.1) is 0 Å². The molecule has 0 aromatic heterocycles. The number of carbonyl (C=O) groups is 1. The van der Waals surface area contributed by atoms with Gasteiger partial charge in [-0.2, -0.15) is 0 Å². The van der Waals surface area contributed by atoms with Crippen molar-refractivity contribution >= 4 is 11.6 Å². The lowest BCUT2D eigenvalue weighted by Gasteiger charge is -2.52. The molecule has 0 fully saturated rings. The first kappa shape index (κ1) is 29.6. The van der Waals surface area contributed by atoms with E-state index >= 15 is 0 Å². The minimum Gasteiger partial charge on any atom is -0.306 e. The van der Waals surface area contributed by atoms with Crippen LogP contribution in [0.2, 0.25) is 0 Å². The minimum atomic E-state index is -0.563. The molecule has 0 N–H and O–H groups in total. The molecule has 5 aromatic carbocycles. The number of benzene rings is 5. The molecule has 0 radical (unpaired) electrons. The highest BCUT2D eigenvalue weighted by Crippen LogP contribution is 2.53. The number of anilines is 1. The number of nitrogens with zero attached hydrogens (tertiary/aromatic N) is 1. The smallest absolute Gasteiger partial charge is 0.230 e. The van der Waals surface area contributed by atoms with Gasteiger partial charge in [0.15, 0.2) is 0 Å². The van der Waals surface area contributed by atoms with Gasteiger partial charge in [-0.1, -0.05) is 154 Å². The third-order valence-electron chi connectivity index (χ3n) is 9.68. The van der Waals surface area contributed by atoms with Crippen LogP contribution in [-0.4, -0.2) is 11.4 Å². The van der Waals surface area contributed by atoms with Crippen LogP contribution in [-0.2, 0) is 15.6 Å². The Morgan fingerprint density at radius 2 is 1.14 bits per heavy atom. The van der Waals surface area contributed by atoms with E-state index in [2.05, 4.69) is 166 Å². The average Bonchev–Trinajstić information content (AvgIpc) is 3.03. The van der Waals surface area contributed by atoms with Gasteiger partial charge in [0.1, 0.15) is 0 Å². The maximum atomic E-state index is 13.9. The lowest BCUT2D eigenvalue weighted by atomic mass is 9.61. The fourth-order valence-electron chi connectivity index (χ4n) is 7.69. The molecule has 0 unspecified atom stereocenters. The zero-order chi connectivity index (χ0) is 31.1. The topological polar surface area (TPSA) is 20.3 Å². The molecule has 1 heterocycles. The fraction of sp³-hybridized carbons (Fsp3) is 0.262. The molecule has 222 valence electrons. The molecule has 0 bridgehead atoms. The summed E-state index contributed by atoms with van der Waals surface area (Å²) in [5.74, 6) is 0.0537. The zero-order valence-electron chi connectivity index (χ0n) is 26.8. The number of hydrogen-bond acceptors (Lipinski definition) is 1. The molecule has 1 aliphatic rings. The Bertz CT molecular complexity index is 1660. The van der Waals surface area contributed by atoms with Crippen molar-refractivity contribution in [1.82, 2.24) is 0 Å². The highest BCUT2D eigenvalue weighted by atomic mass is 16.2. The van der Waals surface area contributed by atoms with E-state index in [0.717, 1.165) is 12.1 Å². The van der Waals surface area contributed by atoms with Crippen molar-refractivity contribution in [2.45, 2.75) is 64.3 Å². The molecule has 2 nitrogen and oxygen atoms in total. The first-order chi connectivity index (χ1) is 21.1. The van der Waals surface area contributed by atoms with Gasteiger partial charge in [-0.25, -0.2) is 0 Å². The summed E-state index contributed by atoms with van der Waals surface area (Å²) < 4.78 is 0. The molecule has 1 atom stereocenters. The van der Waals surface area contributed by atoms with Crippen LogP contribution in [0, 0.1) is 12.8 Å². The van der Waals surface area contributed by atoms with E-state index in [9.17, 15) is 4.79 Å². The van der Waals surface area contributed by atoms with Crippen molar-refractivity contribution in [1.29, 1.82) is 0 Å². The van der Waals surface area contributed by atoms with Gasteiger partial charge in [-0.3, -0.25) is 4.79 Å². The van der Waals surface area contributed by atoms with Gasteiger partial charge in [0.05, 0.1) is 5.41 Å². The van der Waals surface area contributed by atoms with Gasteiger partial charge in [-0.05, 0) is 66.6 Å². The third-order valence-corrected chi connectivity index (χ3v) is 9.68. The number of hydrogen-bond donors (Lipinski definition) is 0. The van der Waals surface area contributed by atoms with E-state index in [0.29, 0.717) is 0 Å². The highest BCUT2D eigenvalue weighted by molar-refractivity contribution is 5.98. The molecule has 0 aliphatic carbocycles. The van der Waals surface area contributed by atoms with Crippen LogP contribution in [0.3, 0.4) is 0 Å². The van der Waals surface area contributed by atoms with Crippen LogP contribution in [0.5, 0.6) is 0 Å². The van der Waals surface area contributed by atoms with Crippen LogP contribution in [0.1, 0.15) is 80.0 Å². The van der Waals surface area contributed by atoms with Gasteiger partial charge in [0, 0.05) is 22.6 Å². The highest BCUT2D eigenvalue weighted by Gasteiger charge is 2.49. The number of rotatable bonds is 6. The SMILES string of the molecule is Cc1ccc([C@@]2(C)CC(C)(C)N(C(=O)C(C)C)c3ccc(C(c4ccccc4)(c4ccccc4)c4ccccc4)cc32)cc1. The lowest BCUT2D eigenvalue weighted by Crippen LogP contribution is -2.57. The molecule has 2 heteroatoms. The van der Waals surface area contributed by atoms with E-state index in [1.165, 1.54) is 38.9 Å². The quantitative estimate of drug-likeness (QED) is 0.184. The Morgan fingerprint density at radius 3 is 1.59 bits per heavy atom. The van der Waals surface area contributed by atoms with Gasteiger partial charge in [0.25, 0.3) is 0 Å². The summed E-state index contributed by atoms with van der Waals surface area (Å²) >= 11 is 0. The molecule has 1 aliphatic heterocycles. The molecule has 0 saturated heterocycles. The van der Waals surface area contributed by atoms with Crippen molar-refractivity contribution in [3.05, 3.63) is 172 Å². The Balaban J connectivity index is 1.72. The summed E-state index contributed by atoms with van der Waals surface area (Å²) in [6.45, 7) is 13.0. The molecule has 0 saturated carbocycles. The Labute approximate surface area is 263 Å². The molecule has 6 rings (SSSR count). The van der Waals surface area contributed by atoms with Crippen molar-refractivity contribution in [3.8, 4) is 0 Å². The summed E-state index contributed by atoms with van der Waals surface area (Å²) in [6.07, 6.45) is 0.812. The minimum absolute atomic E-state index is 0.109. The first-order valence-electron chi connectivity index (χ1n) is 15.8. The number of carbonyl (C=O) groups excluding carboxylic acids is 1. The van der Waals surface area contributed by atoms with Gasteiger partial charge in [0.2, 0.25) is 5.91 Å². The van der Waals surface area contributed by atoms with E-state index < -0.39 is 5.41 Å². The van der Waals surface area contributed by atoms with Crippen LogP contribution in [0.15, 0.2) is 133 Å². The van der Waals surface area contributed by atoms with Crippen molar-refractivity contribution in [3.63, 3.8) is 0 Å². The van der Waals surface area contributed by atoms with Crippen LogP contribution in [0.25, 0.3) is 0 Å². The molecular weight excluding hydrogens is 534 g/mol. The second-order valence-electron chi connectivity index (χ2n) is 13.6. The van der Waals surface area contributed by atoms with Gasteiger partial charge >= 0.3 is 0 Å². The fourth-order valence-corrected chi connectivity index (χ4v) is 7.69. The first-order valence-corrected chi connectivity index (χ1v) is 15.8. The third kappa shape index (κ3) is 4.78. The average molecular weight is 578 g/mol.